The minimum atomic E-state index is -4.69. The van der Waals surface area contributed by atoms with Gasteiger partial charge in [-0.15, -0.1) is 0 Å². The molecular formula is C8H7F3N2O2. The predicted octanol–water partition coefficient (Wildman–Crippen LogP) is 1.67. The second-order valence-electron chi connectivity index (χ2n) is 2.50. The number of carbonyl (C=O) groups is 1. The Labute approximate surface area is 83.1 Å². The van der Waals surface area contributed by atoms with Gasteiger partial charge in [-0.3, -0.25) is 0 Å². The van der Waals surface area contributed by atoms with Gasteiger partial charge >= 0.3 is 12.1 Å². The summed E-state index contributed by atoms with van der Waals surface area (Å²) >= 11 is 0. The van der Waals surface area contributed by atoms with E-state index in [2.05, 4.69) is 14.7 Å². The van der Waals surface area contributed by atoms with Crippen LogP contribution in [-0.2, 0) is 10.9 Å². The Morgan fingerprint density at radius 1 is 1.53 bits per heavy atom. The minimum Gasteiger partial charge on any atom is -0.462 e. The van der Waals surface area contributed by atoms with E-state index >= 15 is 0 Å². The number of carbonyl (C=O) groups excluding carboxylic acids is 1. The van der Waals surface area contributed by atoms with Crippen molar-refractivity contribution in [3.05, 3.63) is 23.8 Å². The Balaban J connectivity index is 3.12. The predicted molar refractivity (Wildman–Crippen MR) is 43.0 cm³/mol. The lowest BCUT2D eigenvalue weighted by molar-refractivity contribution is -0.141. The molecule has 0 aliphatic heterocycles. The van der Waals surface area contributed by atoms with Crippen LogP contribution >= 0.6 is 0 Å². The number of nitrogens with zero attached hydrogens (tertiary/aromatic N) is 2. The summed E-state index contributed by atoms with van der Waals surface area (Å²) in [6, 6.07) is 0. The summed E-state index contributed by atoms with van der Waals surface area (Å²) in [5.41, 5.74) is -1.96. The van der Waals surface area contributed by atoms with Crippen LogP contribution < -0.4 is 0 Å². The molecule has 1 aromatic rings. The third-order valence-electron chi connectivity index (χ3n) is 1.48. The Kier molecular flexibility index (Phi) is 3.23. The van der Waals surface area contributed by atoms with Crippen molar-refractivity contribution in [2.75, 3.05) is 6.61 Å². The van der Waals surface area contributed by atoms with Crippen LogP contribution in [0.2, 0.25) is 0 Å². The van der Waals surface area contributed by atoms with Crippen LogP contribution in [0.25, 0.3) is 0 Å². The van der Waals surface area contributed by atoms with Gasteiger partial charge in [-0.05, 0) is 6.92 Å². The van der Waals surface area contributed by atoms with Crippen molar-refractivity contribution >= 4 is 5.97 Å². The highest BCUT2D eigenvalue weighted by Crippen LogP contribution is 2.29. The standard InChI is InChI=1S/C8H7F3N2O2/c1-2-15-7(14)5-3-12-4-13-6(5)8(9,10)11/h3-4H,2H2,1H3. The monoisotopic (exact) mass is 220 g/mol. The maximum atomic E-state index is 12.4. The smallest absolute Gasteiger partial charge is 0.434 e. The van der Waals surface area contributed by atoms with Crippen LogP contribution in [0.5, 0.6) is 0 Å². The molecule has 0 saturated heterocycles. The summed E-state index contributed by atoms with van der Waals surface area (Å²) in [5, 5.41) is 0. The first-order valence-electron chi connectivity index (χ1n) is 4.01. The van der Waals surface area contributed by atoms with Crippen molar-refractivity contribution in [2.24, 2.45) is 0 Å². The van der Waals surface area contributed by atoms with Gasteiger partial charge in [0.25, 0.3) is 0 Å². The zero-order valence-corrected chi connectivity index (χ0v) is 7.71. The second-order valence-corrected chi connectivity index (χ2v) is 2.50. The average Bonchev–Trinajstić information content (AvgIpc) is 2.17. The maximum Gasteiger partial charge on any atom is 0.434 e. The summed E-state index contributed by atoms with van der Waals surface area (Å²) in [4.78, 5) is 17.5. The number of hydrogen-bond donors (Lipinski definition) is 0. The fraction of sp³-hybridized carbons (Fsp3) is 0.375. The van der Waals surface area contributed by atoms with E-state index in [1.54, 1.807) is 0 Å². The van der Waals surface area contributed by atoms with E-state index in [1.165, 1.54) is 6.92 Å². The molecule has 0 aromatic carbocycles. The number of alkyl halides is 3. The third-order valence-corrected chi connectivity index (χ3v) is 1.48. The molecular weight excluding hydrogens is 213 g/mol. The molecule has 15 heavy (non-hydrogen) atoms. The van der Waals surface area contributed by atoms with Gasteiger partial charge in [0.1, 0.15) is 11.9 Å². The molecule has 1 aromatic heterocycles. The molecule has 1 heterocycles. The van der Waals surface area contributed by atoms with Crippen molar-refractivity contribution in [3.8, 4) is 0 Å². The molecule has 0 N–H and O–H groups in total. The second kappa shape index (κ2) is 4.24. The molecule has 0 atom stereocenters. The van der Waals surface area contributed by atoms with E-state index in [1.807, 2.05) is 0 Å². The SMILES string of the molecule is CCOC(=O)c1cncnc1C(F)(F)F. The van der Waals surface area contributed by atoms with Crippen LogP contribution in [0.1, 0.15) is 23.0 Å². The van der Waals surface area contributed by atoms with E-state index in [-0.39, 0.29) is 6.61 Å². The maximum absolute atomic E-state index is 12.4. The fourth-order valence-corrected chi connectivity index (χ4v) is 0.914. The molecule has 0 aliphatic rings. The molecule has 0 radical (unpaired) electrons. The molecule has 0 bridgehead atoms. The minimum absolute atomic E-state index is 0.00890. The molecule has 0 aliphatic carbocycles. The summed E-state index contributed by atoms with van der Waals surface area (Å²) in [6.45, 7) is 1.49. The molecule has 4 nitrogen and oxygen atoms in total. The Morgan fingerprint density at radius 3 is 2.73 bits per heavy atom. The highest BCUT2D eigenvalue weighted by molar-refractivity contribution is 5.90. The first-order chi connectivity index (χ1) is 6.96. The number of hydrogen-bond acceptors (Lipinski definition) is 4. The lowest BCUT2D eigenvalue weighted by Crippen LogP contribution is -2.17. The number of esters is 1. The Bertz CT molecular complexity index is 365. The van der Waals surface area contributed by atoms with Gasteiger partial charge in [0.15, 0.2) is 5.69 Å². The molecule has 7 heteroatoms. The number of aromatic nitrogens is 2. The molecule has 0 unspecified atom stereocenters. The van der Waals surface area contributed by atoms with Crippen molar-refractivity contribution in [1.82, 2.24) is 9.97 Å². The largest absolute Gasteiger partial charge is 0.462 e. The van der Waals surface area contributed by atoms with E-state index in [0.29, 0.717) is 0 Å². The van der Waals surface area contributed by atoms with Gasteiger partial charge < -0.3 is 4.74 Å². The molecule has 82 valence electrons. The molecule has 0 saturated carbocycles. The van der Waals surface area contributed by atoms with E-state index < -0.39 is 23.4 Å². The van der Waals surface area contributed by atoms with Crippen molar-refractivity contribution in [2.45, 2.75) is 13.1 Å². The van der Waals surface area contributed by atoms with Gasteiger partial charge in [-0.25, -0.2) is 14.8 Å². The molecule has 0 fully saturated rings. The lowest BCUT2D eigenvalue weighted by atomic mass is 10.2. The highest BCUT2D eigenvalue weighted by Gasteiger charge is 2.37. The van der Waals surface area contributed by atoms with Crippen molar-refractivity contribution in [1.29, 1.82) is 0 Å². The Morgan fingerprint density at radius 2 is 2.20 bits per heavy atom. The molecule has 0 spiro atoms. The van der Waals surface area contributed by atoms with Gasteiger partial charge in [0, 0.05) is 6.20 Å². The number of halogens is 3. The zero-order chi connectivity index (χ0) is 11.5. The third kappa shape index (κ3) is 2.64. The summed E-state index contributed by atoms with van der Waals surface area (Å²) in [7, 11) is 0. The summed E-state index contributed by atoms with van der Waals surface area (Å²) in [5.74, 6) is -1.08. The van der Waals surface area contributed by atoms with Crippen LogP contribution in [-0.4, -0.2) is 22.5 Å². The van der Waals surface area contributed by atoms with E-state index in [0.717, 1.165) is 12.5 Å². The zero-order valence-electron chi connectivity index (χ0n) is 7.71. The van der Waals surface area contributed by atoms with Gasteiger partial charge in [0.05, 0.1) is 6.61 Å². The Hall–Kier alpha value is -1.66. The van der Waals surface area contributed by atoms with E-state index in [4.69, 9.17) is 0 Å². The van der Waals surface area contributed by atoms with E-state index in [9.17, 15) is 18.0 Å². The quantitative estimate of drug-likeness (QED) is 0.711. The first kappa shape index (κ1) is 11.4. The topological polar surface area (TPSA) is 52.1 Å². The number of ether oxygens (including phenoxy) is 1. The van der Waals surface area contributed by atoms with Crippen molar-refractivity contribution < 1.29 is 22.7 Å². The fourth-order valence-electron chi connectivity index (χ4n) is 0.914. The summed E-state index contributed by atoms with van der Waals surface area (Å²) < 4.78 is 41.5. The van der Waals surface area contributed by atoms with Crippen molar-refractivity contribution in [3.63, 3.8) is 0 Å². The summed E-state index contributed by atoms with van der Waals surface area (Å²) in [6.07, 6.45) is -3.18. The molecule has 1 rings (SSSR count). The van der Waals surface area contributed by atoms with Crippen LogP contribution in [0, 0.1) is 0 Å². The highest BCUT2D eigenvalue weighted by atomic mass is 19.4. The first-order valence-corrected chi connectivity index (χ1v) is 4.01. The normalized spacial score (nSPS) is 11.2. The van der Waals surface area contributed by atoms with Gasteiger partial charge in [0.2, 0.25) is 0 Å². The molecule has 0 amide bonds. The van der Waals surface area contributed by atoms with Crippen LogP contribution in [0.15, 0.2) is 12.5 Å². The average molecular weight is 220 g/mol. The van der Waals surface area contributed by atoms with Gasteiger partial charge in [-0.2, -0.15) is 13.2 Å². The van der Waals surface area contributed by atoms with Gasteiger partial charge in [-0.1, -0.05) is 0 Å². The van der Waals surface area contributed by atoms with Crippen LogP contribution in [0.4, 0.5) is 13.2 Å². The lowest BCUT2D eigenvalue weighted by Gasteiger charge is -2.09. The van der Waals surface area contributed by atoms with Crippen LogP contribution in [0.3, 0.4) is 0 Å². The number of rotatable bonds is 2.